The Hall–Kier alpha value is -0.320. The van der Waals surface area contributed by atoms with E-state index >= 15 is 0 Å². The van der Waals surface area contributed by atoms with Crippen LogP contribution in [0.1, 0.15) is 34.1 Å². The molecule has 4 nitrogen and oxygen atoms in total. The Labute approximate surface area is 110 Å². The van der Waals surface area contributed by atoms with Crippen molar-refractivity contribution >= 4 is 18.3 Å². The van der Waals surface area contributed by atoms with E-state index < -0.39 is 0 Å². The lowest BCUT2D eigenvalue weighted by atomic mass is 9.55. The first-order valence-corrected chi connectivity index (χ1v) is 5.84. The van der Waals surface area contributed by atoms with Gasteiger partial charge in [-0.2, -0.15) is 0 Å². The molecule has 1 aliphatic carbocycles. The summed E-state index contributed by atoms with van der Waals surface area (Å²) in [5.41, 5.74) is 5.29. The quantitative estimate of drug-likeness (QED) is 0.805. The maximum Gasteiger partial charge on any atom is 0.224 e. The minimum Gasteiger partial charge on any atom is -0.378 e. The second-order valence-corrected chi connectivity index (χ2v) is 5.56. The van der Waals surface area contributed by atoms with Crippen LogP contribution < -0.4 is 11.1 Å². The van der Waals surface area contributed by atoms with Crippen molar-refractivity contribution in [3.05, 3.63) is 0 Å². The van der Waals surface area contributed by atoms with Crippen molar-refractivity contribution in [2.75, 3.05) is 13.7 Å². The lowest BCUT2D eigenvalue weighted by molar-refractivity contribution is -0.183. The monoisotopic (exact) mass is 264 g/mol. The Balaban J connectivity index is 0.00000256. The number of methoxy groups -OCH3 is 1. The molecule has 5 heteroatoms. The van der Waals surface area contributed by atoms with Crippen LogP contribution in [0.3, 0.4) is 0 Å². The molecule has 0 heterocycles. The van der Waals surface area contributed by atoms with Crippen LogP contribution in [0.15, 0.2) is 0 Å². The summed E-state index contributed by atoms with van der Waals surface area (Å²) in [5.74, 6) is -0.0797. The highest BCUT2D eigenvalue weighted by molar-refractivity contribution is 5.85. The van der Waals surface area contributed by atoms with Crippen LogP contribution in [0.25, 0.3) is 0 Å². The fourth-order valence-electron chi connectivity index (χ4n) is 2.14. The number of carbonyl (C=O) groups excluding carboxylic acids is 1. The number of nitrogens with two attached hydrogens (primary N) is 1. The molecule has 3 N–H and O–H groups in total. The molecule has 1 aliphatic rings. The van der Waals surface area contributed by atoms with Gasteiger partial charge >= 0.3 is 0 Å². The topological polar surface area (TPSA) is 64.3 Å². The van der Waals surface area contributed by atoms with Gasteiger partial charge in [-0.15, -0.1) is 12.4 Å². The molecule has 0 aromatic heterocycles. The molecule has 102 valence electrons. The molecule has 0 radical (unpaired) electrons. The SMILES string of the molecule is COC1(C)CC(NC(=O)C(C)CN)C1(C)C.Cl. The number of amides is 1. The molecule has 0 saturated heterocycles. The van der Waals surface area contributed by atoms with Gasteiger partial charge in [0, 0.05) is 31.0 Å². The van der Waals surface area contributed by atoms with Crippen molar-refractivity contribution in [2.45, 2.75) is 45.8 Å². The van der Waals surface area contributed by atoms with Crippen LogP contribution in [-0.4, -0.2) is 31.2 Å². The number of halogens is 1. The van der Waals surface area contributed by atoms with Gasteiger partial charge in [0.25, 0.3) is 0 Å². The number of hydrogen-bond donors (Lipinski definition) is 2. The summed E-state index contributed by atoms with van der Waals surface area (Å²) >= 11 is 0. The van der Waals surface area contributed by atoms with E-state index in [1.807, 2.05) is 6.92 Å². The molecule has 0 spiro atoms. The standard InChI is InChI=1S/C12H24N2O2.ClH/c1-8(7-13)10(15)14-9-6-12(4,16-5)11(9,2)3;/h8-9H,6-7,13H2,1-5H3,(H,14,15);1H. The molecule has 1 fully saturated rings. The molecule has 3 unspecified atom stereocenters. The maximum atomic E-state index is 11.7. The lowest BCUT2D eigenvalue weighted by Crippen LogP contribution is -2.69. The van der Waals surface area contributed by atoms with Crippen molar-refractivity contribution in [1.82, 2.24) is 5.32 Å². The summed E-state index contributed by atoms with van der Waals surface area (Å²) in [7, 11) is 1.72. The maximum absolute atomic E-state index is 11.7. The fourth-order valence-corrected chi connectivity index (χ4v) is 2.14. The minimum atomic E-state index is -0.142. The van der Waals surface area contributed by atoms with E-state index in [4.69, 9.17) is 10.5 Å². The minimum absolute atomic E-state index is 0. The van der Waals surface area contributed by atoms with Crippen molar-refractivity contribution in [3.8, 4) is 0 Å². The van der Waals surface area contributed by atoms with Gasteiger partial charge < -0.3 is 15.8 Å². The third kappa shape index (κ3) is 2.75. The van der Waals surface area contributed by atoms with Gasteiger partial charge in [-0.3, -0.25) is 4.79 Å². The number of carbonyl (C=O) groups is 1. The van der Waals surface area contributed by atoms with E-state index in [-0.39, 0.29) is 41.3 Å². The van der Waals surface area contributed by atoms with Crippen LogP contribution in [0.4, 0.5) is 0 Å². The Morgan fingerprint density at radius 2 is 2.06 bits per heavy atom. The van der Waals surface area contributed by atoms with E-state index in [0.29, 0.717) is 6.54 Å². The molecule has 0 aromatic carbocycles. The zero-order valence-electron chi connectivity index (χ0n) is 11.4. The second-order valence-electron chi connectivity index (χ2n) is 5.56. The summed E-state index contributed by atoms with van der Waals surface area (Å²) in [6.45, 7) is 8.56. The van der Waals surface area contributed by atoms with Gasteiger partial charge in [0.2, 0.25) is 5.91 Å². The van der Waals surface area contributed by atoms with Crippen LogP contribution in [0.5, 0.6) is 0 Å². The fraction of sp³-hybridized carbons (Fsp3) is 0.917. The van der Waals surface area contributed by atoms with Crippen molar-refractivity contribution in [1.29, 1.82) is 0 Å². The van der Waals surface area contributed by atoms with Gasteiger partial charge in [0.15, 0.2) is 0 Å². The number of ether oxygens (including phenoxy) is 1. The molecule has 1 amide bonds. The third-order valence-corrected chi connectivity index (χ3v) is 4.40. The van der Waals surface area contributed by atoms with Crippen LogP contribution in [-0.2, 0) is 9.53 Å². The van der Waals surface area contributed by atoms with E-state index in [9.17, 15) is 4.79 Å². The van der Waals surface area contributed by atoms with Crippen molar-refractivity contribution in [2.24, 2.45) is 17.1 Å². The number of nitrogens with one attached hydrogen (secondary N) is 1. The molecule has 1 saturated carbocycles. The molecule has 17 heavy (non-hydrogen) atoms. The average Bonchev–Trinajstić information content (AvgIpc) is 2.26. The first-order chi connectivity index (χ1) is 7.28. The zero-order chi connectivity index (χ0) is 12.6. The summed E-state index contributed by atoms with van der Waals surface area (Å²) < 4.78 is 5.51. The van der Waals surface area contributed by atoms with E-state index in [2.05, 4.69) is 26.1 Å². The van der Waals surface area contributed by atoms with Crippen LogP contribution in [0.2, 0.25) is 0 Å². The van der Waals surface area contributed by atoms with Crippen LogP contribution in [0, 0.1) is 11.3 Å². The van der Waals surface area contributed by atoms with Gasteiger partial charge in [-0.05, 0) is 13.3 Å². The highest BCUT2D eigenvalue weighted by atomic mass is 35.5. The van der Waals surface area contributed by atoms with E-state index in [1.54, 1.807) is 7.11 Å². The summed E-state index contributed by atoms with van der Waals surface area (Å²) in [6.07, 6.45) is 0.861. The smallest absolute Gasteiger partial charge is 0.224 e. The second kappa shape index (κ2) is 5.55. The number of hydrogen-bond acceptors (Lipinski definition) is 3. The Bertz CT molecular complexity index is 284. The van der Waals surface area contributed by atoms with Crippen molar-refractivity contribution in [3.63, 3.8) is 0 Å². The lowest BCUT2D eigenvalue weighted by Gasteiger charge is -2.59. The number of rotatable bonds is 4. The van der Waals surface area contributed by atoms with Gasteiger partial charge in [-0.1, -0.05) is 20.8 Å². The molecular weight excluding hydrogens is 240 g/mol. The molecule has 1 rings (SSSR count). The average molecular weight is 265 g/mol. The van der Waals surface area contributed by atoms with Crippen molar-refractivity contribution < 1.29 is 9.53 Å². The molecule has 0 aliphatic heterocycles. The van der Waals surface area contributed by atoms with Gasteiger partial charge in [0.1, 0.15) is 0 Å². The predicted octanol–water partition coefficient (Wildman–Crippen LogP) is 1.32. The first-order valence-electron chi connectivity index (χ1n) is 5.84. The van der Waals surface area contributed by atoms with Gasteiger partial charge in [0.05, 0.1) is 5.60 Å². The highest BCUT2D eigenvalue weighted by Crippen LogP contribution is 2.51. The first kappa shape index (κ1) is 16.7. The summed E-state index contributed by atoms with van der Waals surface area (Å²) in [5, 5.41) is 3.05. The summed E-state index contributed by atoms with van der Waals surface area (Å²) in [6, 6.07) is 0.180. The Morgan fingerprint density at radius 3 is 2.41 bits per heavy atom. The highest BCUT2D eigenvalue weighted by Gasteiger charge is 2.58. The van der Waals surface area contributed by atoms with Gasteiger partial charge in [-0.25, -0.2) is 0 Å². The zero-order valence-corrected chi connectivity index (χ0v) is 12.2. The molecule has 3 atom stereocenters. The predicted molar refractivity (Wildman–Crippen MR) is 71.2 cm³/mol. The van der Waals surface area contributed by atoms with Crippen LogP contribution >= 0.6 is 12.4 Å². The normalized spacial score (nSPS) is 32.0. The Kier molecular flexibility index (Phi) is 5.44. The van der Waals surface area contributed by atoms with E-state index in [0.717, 1.165) is 6.42 Å². The van der Waals surface area contributed by atoms with E-state index in [1.165, 1.54) is 0 Å². The molecule has 0 aromatic rings. The largest absolute Gasteiger partial charge is 0.378 e. The molecule has 0 bridgehead atoms. The molecular formula is C12H25ClN2O2. The third-order valence-electron chi connectivity index (χ3n) is 4.40. The summed E-state index contributed by atoms with van der Waals surface area (Å²) in [4.78, 5) is 11.7. The Morgan fingerprint density at radius 1 is 1.53 bits per heavy atom.